The number of carbonyl (C=O) groups excluding carboxylic acids is 1. The highest BCUT2D eigenvalue weighted by Crippen LogP contribution is 2.18. The Hall–Kier alpha value is -1.84. The molecule has 4 nitrogen and oxygen atoms in total. The average molecular weight is 275 g/mol. The van der Waals surface area contributed by atoms with E-state index in [4.69, 9.17) is 5.11 Å². The number of hydrogen-bond donors (Lipinski definition) is 1. The second-order valence-electron chi connectivity index (χ2n) is 5.33. The van der Waals surface area contributed by atoms with Gasteiger partial charge in [0.15, 0.2) is 0 Å². The van der Waals surface area contributed by atoms with E-state index in [1.54, 1.807) is 0 Å². The second-order valence-corrected chi connectivity index (χ2v) is 5.33. The lowest BCUT2D eigenvalue weighted by molar-refractivity contribution is -0.145. The number of aryl methyl sites for hydroxylation is 1. The molecule has 0 radical (unpaired) electrons. The minimum atomic E-state index is -0.735. The van der Waals surface area contributed by atoms with Crippen LogP contribution in [0, 0.1) is 5.92 Å². The molecule has 1 N–H and O–H groups in total. The second kappa shape index (κ2) is 7.08. The molecule has 1 fully saturated rings. The molecular weight excluding hydrogens is 254 g/mol. The van der Waals surface area contributed by atoms with E-state index in [0.717, 1.165) is 12.8 Å². The van der Waals surface area contributed by atoms with Crippen molar-refractivity contribution in [2.24, 2.45) is 5.92 Å². The summed E-state index contributed by atoms with van der Waals surface area (Å²) in [6.45, 7) is 1.17. The fourth-order valence-electron chi connectivity index (χ4n) is 2.62. The van der Waals surface area contributed by atoms with Crippen LogP contribution < -0.4 is 0 Å². The van der Waals surface area contributed by atoms with Crippen LogP contribution in [0.4, 0.5) is 0 Å². The minimum Gasteiger partial charge on any atom is -0.481 e. The standard InChI is InChI=1S/C16H21NO3/c18-15(8-4-7-13-5-2-1-3-6-13)17-11-9-14(10-12-17)16(19)20/h1-3,5-6,14H,4,7-12H2,(H,19,20). The molecule has 1 amide bonds. The number of aliphatic carboxylic acids is 1. The number of likely N-dealkylation sites (tertiary alicyclic amines) is 1. The number of rotatable bonds is 5. The van der Waals surface area contributed by atoms with Crippen molar-refractivity contribution in [2.75, 3.05) is 13.1 Å². The molecule has 1 aromatic carbocycles. The topological polar surface area (TPSA) is 57.6 Å². The Balaban J connectivity index is 1.69. The predicted molar refractivity (Wildman–Crippen MR) is 76.3 cm³/mol. The van der Waals surface area contributed by atoms with Crippen LogP contribution in [0.5, 0.6) is 0 Å². The lowest BCUT2D eigenvalue weighted by Gasteiger charge is -2.30. The van der Waals surface area contributed by atoms with E-state index in [2.05, 4.69) is 12.1 Å². The number of carbonyl (C=O) groups is 2. The normalized spacial score (nSPS) is 16.1. The van der Waals surface area contributed by atoms with Crippen LogP contribution >= 0.6 is 0 Å². The van der Waals surface area contributed by atoms with Gasteiger partial charge >= 0.3 is 5.97 Å². The lowest BCUT2D eigenvalue weighted by Crippen LogP contribution is -2.40. The van der Waals surface area contributed by atoms with Crippen molar-refractivity contribution in [1.82, 2.24) is 4.90 Å². The van der Waals surface area contributed by atoms with E-state index >= 15 is 0 Å². The van der Waals surface area contributed by atoms with Gasteiger partial charge in [-0.05, 0) is 31.2 Å². The molecule has 4 heteroatoms. The molecule has 1 aliphatic heterocycles. The number of hydrogen-bond acceptors (Lipinski definition) is 2. The van der Waals surface area contributed by atoms with E-state index in [0.29, 0.717) is 32.4 Å². The zero-order valence-electron chi connectivity index (χ0n) is 11.6. The molecule has 0 spiro atoms. The molecule has 1 saturated heterocycles. The molecule has 20 heavy (non-hydrogen) atoms. The maximum absolute atomic E-state index is 12.0. The first-order valence-electron chi connectivity index (χ1n) is 7.21. The van der Waals surface area contributed by atoms with Crippen LogP contribution in [0.2, 0.25) is 0 Å². The molecule has 0 saturated carbocycles. The van der Waals surface area contributed by atoms with Crippen LogP contribution in [-0.4, -0.2) is 35.0 Å². The van der Waals surface area contributed by atoms with Gasteiger partial charge in [0, 0.05) is 19.5 Å². The third-order valence-electron chi connectivity index (χ3n) is 3.90. The van der Waals surface area contributed by atoms with Crippen molar-refractivity contribution in [3.63, 3.8) is 0 Å². The Kier molecular flexibility index (Phi) is 5.16. The van der Waals surface area contributed by atoms with Crippen LogP contribution in [-0.2, 0) is 16.0 Å². The Bertz CT molecular complexity index is 450. The fourth-order valence-corrected chi connectivity index (χ4v) is 2.62. The maximum atomic E-state index is 12.0. The Labute approximate surface area is 119 Å². The number of benzene rings is 1. The maximum Gasteiger partial charge on any atom is 0.306 e. The largest absolute Gasteiger partial charge is 0.481 e. The number of carboxylic acid groups (broad SMARTS) is 1. The molecular formula is C16H21NO3. The van der Waals surface area contributed by atoms with Crippen LogP contribution in [0.1, 0.15) is 31.2 Å². The molecule has 1 aliphatic rings. The Morgan fingerprint density at radius 1 is 1.15 bits per heavy atom. The van der Waals surface area contributed by atoms with E-state index in [1.165, 1.54) is 5.56 Å². The number of piperidine rings is 1. The summed E-state index contributed by atoms with van der Waals surface area (Å²) in [6.07, 6.45) is 3.48. The Morgan fingerprint density at radius 3 is 2.40 bits per heavy atom. The van der Waals surface area contributed by atoms with Crippen molar-refractivity contribution in [2.45, 2.75) is 32.1 Å². The van der Waals surface area contributed by atoms with Gasteiger partial charge in [0.1, 0.15) is 0 Å². The fraction of sp³-hybridized carbons (Fsp3) is 0.500. The van der Waals surface area contributed by atoms with Crippen LogP contribution in [0.15, 0.2) is 30.3 Å². The SMILES string of the molecule is O=C(O)C1CCN(C(=O)CCCc2ccccc2)CC1. The summed E-state index contributed by atoms with van der Waals surface area (Å²) in [5, 5.41) is 8.93. The van der Waals surface area contributed by atoms with Gasteiger partial charge in [0.2, 0.25) is 5.91 Å². The highest BCUT2D eigenvalue weighted by molar-refractivity contribution is 5.77. The van der Waals surface area contributed by atoms with Gasteiger partial charge in [0.05, 0.1) is 5.92 Å². The first kappa shape index (κ1) is 14.6. The van der Waals surface area contributed by atoms with Gasteiger partial charge in [-0.15, -0.1) is 0 Å². The highest BCUT2D eigenvalue weighted by atomic mass is 16.4. The monoisotopic (exact) mass is 275 g/mol. The zero-order valence-corrected chi connectivity index (χ0v) is 11.6. The van der Waals surface area contributed by atoms with Crippen molar-refractivity contribution < 1.29 is 14.7 Å². The van der Waals surface area contributed by atoms with Gasteiger partial charge in [-0.1, -0.05) is 30.3 Å². The molecule has 0 aliphatic carbocycles. The first-order chi connectivity index (χ1) is 9.66. The molecule has 0 atom stereocenters. The summed E-state index contributed by atoms with van der Waals surface area (Å²) >= 11 is 0. The summed E-state index contributed by atoms with van der Waals surface area (Å²) in [6, 6.07) is 10.1. The van der Waals surface area contributed by atoms with E-state index in [-0.39, 0.29) is 11.8 Å². The van der Waals surface area contributed by atoms with Gasteiger partial charge in [-0.3, -0.25) is 9.59 Å². The number of nitrogens with zero attached hydrogens (tertiary/aromatic N) is 1. The average Bonchev–Trinajstić information content (AvgIpc) is 2.48. The molecule has 2 rings (SSSR count). The van der Waals surface area contributed by atoms with E-state index < -0.39 is 5.97 Å². The summed E-state index contributed by atoms with van der Waals surface area (Å²) in [7, 11) is 0. The predicted octanol–water partition coefficient (Wildman–Crippen LogP) is 2.33. The number of carboxylic acids is 1. The molecule has 0 aromatic heterocycles. The van der Waals surface area contributed by atoms with Crippen LogP contribution in [0.25, 0.3) is 0 Å². The molecule has 1 aromatic rings. The van der Waals surface area contributed by atoms with Gasteiger partial charge in [-0.25, -0.2) is 0 Å². The summed E-state index contributed by atoms with van der Waals surface area (Å²) in [5.74, 6) is -0.852. The van der Waals surface area contributed by atoms with Crippen molar-refractivity contribution in [3.8, 4) is 0 Å². The first-order valence-corrected chi connectivity index (χ1v) is 7.21. The van der Waals surface area contributed by atoms with Gasteiger partial charge < -0.3 is 10.0 Å². The summed E-state index contributed by atoms with van der Waals surface area (Å²) in [5.41, 5.74) is 1.25. The molecule has 0 unspecified atom stereocenters. The van der Waals surface area contributed by atoms with Gasteiger partial charge in [0.25, 0.3) is 0 Å². The number of amides is 1. The third kappa shape index (κ3) is 4.08. The van der Waals surface area contributed by atoms with Crippen LogP contribution in [0.3, 0.4) is 0 Å². The van der Waals surface area contributed by atoms with Gasteiger partial charge in [-0.2, -0.15) is 0 Å². The molecule has 1 heterocycles. The summed E-state index contributed by atoms with van der Waals surface area (Å²) < 4.78 is 0. The van der Waals surface area contributed by atoms with Crippen molar-refractivity contribution in [3.05, 3.63) is 35.9 Å². The highest BCUT2D eigenvalue weighted by Gasteiger charge is 2.26. The molecule has 0 bridgehead atoms. The van der Waals surface area contributed by atoms with E-state index in [9.17, 15) is 9.59 Å². The summed E-state index contributed by atoms with van der Waals surface area (Å²) in [4.78, 5) is 24.7. The quantitative estimate of drug-likeness (QED) is 0.897. The van der Waals surface area contributed by atoms with Crippen molar-refractivity contribution >= 4 is 11.9 Å². The minimum absolute atomic E-state index is 0.157. The van der Waals surface area contributed by atoms with Crippen molar-refractivity contribution in [1.29, 1.82) is 0 Å². The Morgan fingerprint density at radius 2 is 1.80 bits per heavy atom. The smallest absolute Gasteiger partial charge is 0.306 e. The lowest BCUT2D eigenvalue weighted by atomic mass is 9.97. The zero-order chi connectivity index (χ0) is 14.4. The van der Waals surface area contributed by atoms with E-state index in [1.807, 2.05) is 23.1 Å². The molecule has 108 valence electrons. The third-order valence-corrected chi connectivity index (χ3v) is 3.90.